The first-order valence-corrected chi connectivity index (χ1v) is 7.81. The van der Waals surface area contributed by atoms with Crippen molar-refractivity contribution in [3.63, 3.8) is 0 Å². The van der Waals surface area contributed by atoms with Crippen LogP contribution in [0.5, 0.6) is 0 Å². The van der Waals surface area contributed by atoms with E-state index in [1.165, 1.54) is 11.3 Å². The highest BCUT2D eigenvalue weighted by atomic mass is 32.1. The van der Waals surface area contributed by atoms with Crippen molar-refractivity contribution in [3.8, 4) is 0 Å². The van der Waals surface area contributed by atoms with E-state index in [1.807, 2.05) is 42.6 Å². The zero-order chi connectivity index (χ0) is 15.4. The quantitative estimate of drug-likeness (QED) is 0.594. The van der Waals surface area contributed by atoms with Crippen molar-refractivity contribution in [2.75, 3.05) is 0 Å². The molecule has 4 nitrogen and oxygen atoms in total. The van der Waals surface area contributed by atoms with E-state index in [9.17, 15) is 4.79 Å². The van der Waals surface area contributed by atoms with Gasteiger partial charge in [-0.1, -0.05) is 42.5 Å². The zero-order valence-electron chi connectivity index (χ0n) is 12.1. The van der Waals surface area contributed by atoms with Crippen LogP contribution in [0.1, 0.15) is 16.3 Å². The van der Waals surface area contributed by atoms with E-state index in [-0.39, 0.29) is 12.3 Å². The molecule has 2 aromatic carbocycles. The second kappa shape index (κ2) is 6.49. The molecule has 0 aliphatic rings. The van der Waals surface area contributed by atoms with Crippen molar-refractivity contribution < 1.29 is 4.79 Å². The number of thiazole rings is 1. The molecule has 1 amide bonds. The minimum absolute atomic E-state index is 0.165. The maximum atomic E-state index is 11.8. The number of rotatable bonds is 4. The van der Waals surface area contributed by atoms with Gasteiger partial charge in [-0.05, 0) is 17.7 Å². The minimum atomic E-state index is -0.165. The largest absolute Gasteiger partial charge is 0.273 e. The van der Waals surface area contributed by atoms with E-state index >= 15 is 0 Å². The fourth-order valence-corrected chi connectivity index (χ4v) is 2.84. The Morgan fingerprint density at radius 2 is 2.09 bits per heavy atom. The number of aryl methyl sites for hydroxylation is 1. The van der Waals surface area contributed by atoms with Gasteiger partial charge in [0.05, 0.1) is 23.3 Å². The van der Waals surface area contributed by atoms with Gasteiger partial charge < -0.3 is 0 Å². The second-order valence-electron chi connectivity index (χ2n) is 4.90. The molecule has 0 aliphatic heterocycles. The summed E-state index contributed by atoms with van der Waals surface area (Å²) < 4.78 is 0. The van der Waals surface area contributed by atoms with Crippen LogP contribution in [0.3, 0.4) is 0 Å². The van der Waals surface area contributed by atoms with E-state index in [2.05, 4.69) is 27.6 Å². The Hall–Kier alpha value is -2.53. The third-order valence-corrected chi connectivity index (χ3v) is 4.05. The Morgan fingerprint density at radius 3 is 2.91 bits per heavy atom. The number of benzene rings is 2. The lowest BCUT2D eigenvalue weighted by Gasteiger charge is -2.01. The van der Waals surface area contributed by atoms with Crippen molar-refractivity contribution >= 4 is 34.2 Å². The molecule has 1 N–H and O–H groups in total. The molecule has 5 heteroatoms. The summed E-state index contributed by atoms with van der Waals surface area (Å²) in [6.45, 7) is 1.92. The van der Waals surface area contributed by atoms with Gasteiger partial charge in [0.1, 0.15) is 0 Å². The van der Waals surface area contributed by atoms with Gasteiger partial charge in [-0.3, -0.25) is 4.79 Å². The highest BCUT2D eigenvalue weighted by Crippen LogP contribution is 2.16. The Bertz CT molecular complexity index is 833. The van der Waals surface area contributed by atoms with Gasteiger partial charge in [0.15, 0.2) is 0 Å². The highest BCUT2D eigenvalue weighted by Gasteiger charge is 2.05. The smallest absolute Gasteiger partial charge is 0.246 e. The number of aromatic nitrogens is 1. The lowest BCUT2D eigenvalue weighted by Crippen LogP contribution is -2.19. The van der Waals surface area contributed by atoms with Crippen LogP contribution in [0.25, 0.3) is 10.8 Å². The average Bonchev–Trinajstić information content (AvgIpc) is 2.92. The molecule has 0 saturated carbocycles. The molecule has 0 fully saturated rings. The van der Waals surface area contributed by atoms with Crippen LogP contribution in [0, 0.1) is 6.92 Å². The summed E-state index contributed by atoms with van der Waals surface area (Å²) in [6.07, 6.45) is 1.92. The van der Waals surface area contributed by atoms with Crippen LogP contribution < -0.4 is 5.43 Å². The van der Waals surface area contributed by atoms with Crippen molar-refractivity contribution in [3.05, 3.63) is 64.1 Å². The number of carbonyl (C=O) groups is 1. The Morgan fingerprint density at radius 1 is 1.27 bits per heavy atom. The summed E-state index contributed by atoms with van der Waals surface area (Å²) in [6, 6.07) is 14.1. The van der Waals surface area contributed by atoms with E-state index in [0.717, 1.165) is 27.0 Å². The molecule has 0 bridgehead atoms. The Kier molecular flexibility index (Phi) is 4.25. The molecule has 3 rings (SSSR count). The summed E-state index contributed by atoms with van der Waals surface area (Å²) in [5.41, 5.74) is 4.30. The fraction of sp³-hybridized carbons (Fsp3) is 0.118. The first kappa shape index (κ1) is 14.4. The van der Waals surface area contributed by atoms with E-state index in [0.29, 0.717) is 0 Å². The number of fused-ring (bicyclic) bond motifs is 1. The van der Waals surface area contributed by atoms with Crippen LogP contribution >= 0.6 is 11.3 Å². The number of amides is 1. The summed E-state index contributed by atoms with van der Waals surface area (Å²) in [7, 11) is 0. The van der Waals surface area contributed by atoms with Gasteiger partial charge in [0.25, 0.3) is 0 Å². The first-order valence-electron chi connectivity index (χ1n) is 6.93. The minimum Gasteiger partial charge on any atom is -0.273 e. The summed E-state index contributed by atoms with van der Waals surface area (Å²) in [5.74, 6) is -0.165. The molecule has 0 radical (unpaired) electrons. The van der Waals surface area contributed by atoms with E-state index in [1.54, 1.807) is 6.21 Å². The molecule has 110 valence electrons. The van der Waals surface area contributed by atoms with E-state index < -0.39 is 0 Å². The van der Waals surface area contributed by atoms with Gasteiger partial charge in [0.2, 0.25) is 5.91 Å². The molecule has 0 spiro atoms. The van der Waals surface area contributed by atoms with Gasteiger partial charge in [-0.25, -0.2) is 10.4 Å². The molecule has 0 unspecified atom stereocenters. The van der Waals surface area contributed by atoms with E-state index in [4.69, 9.17) is 0 Å². The molecule has 22 heavy (non-hydrogen) atoms. The Balaban J connectivity index is 1.67. The number of hydrogen-bond donors (Lipinski definition) is 1. The molecule has 0 saturated heterocycles. The fourth-order valence-electron chi connectivity index (χ4n) is 2.23. The molecule has 1 aromatic heterocycles. The zero-order valence-corrected chi connectivity index (χ0v) is 12.9. The van der Waals surface area contributed by atoms with Crippen LogP contribution in [0.15, 0.2) is 52.9 Å². The van der Waals surface area contributed by atoms with Crippen LogP contribution in [-0.2, 0) is 11.2 Å². The molecular formula is C17H15N3OS. The summed E-state index contributed by atoms with van der Waals surface area (Å²) >= 11 is 1.54. The standard InChI is InChI=1S/C17H15N3OS/c1-12-19-15(11-22-12)9-17(21)20-18-10-14-7-4-6-13-5-2-3-8-16(13)14/h2-8,10-11H,9H2,1H3,(H,20,21). The number of hydrazone groups is 1. The van der Waals surface area contributed by atoms with Crippen molar-refractivity contribution in [1.82, 2.24) is 10.4 Å². The molecule has 1 heterocycles. The van der Waals surface area contributed by atoms with Crippen molar-refractivity contribution in [2.24, 2.45) is 5.10 Å². The number of nitrogens with one attached hydrogen (secondary N) is 1. The predicted molar refractivity (Wildman–Crippen MR) is 90.2 cm³/mol. The van der Waals surface area contributed by atoms with Crippen LogP contribution in [0.4, 0.5) is 0 Å². The van der Waals surface area contributed by atoms with Crippen molar-refractivity contribution in [1.29, 1.82) is 0 Å². The van der Waals surface area contributed by atoms with Gasteiger partial charge in [0, 0.05) is 10.9 Å². The lowest BCUT2D eigenvalue weighted by atomic mass is 10.1. The molecule has 0 atom stereocenters. The van der Waals surface area contributed by atoms with Gasteiger partial charge in [-0.15, -0.1) is 11.3 Å². The SMILES string of the molecule is Cc1nc(CC(=O)NN=Cc2cccc3ccccc23)cs1. The van der Waals surface area contributed by atoms with Crippen molar-refractivity contribution in [2.45, 2.75) is 13.3 Å². The molecule has 0 aliphatic carbocycles. The topological polar surface area (TPSA) is 54.4 Å². The molecular weight excluding hydrogens is 294 g/mol. The summed E-state index contributed by atoms with van der Waals surface area (Å²) in [5, 5.41) is 9.16. The average molecular weight is 309 g/mol. The number of carbonyl (C=O) groups excluding carboxylic acids is 1. The Labute approximate surface area is 132 Å². The van der Waals surface area contributed by atoms with Crippen LogP contribution in [0.2, 0.25) is 0 Å². The first-order chi connectivity index (χ1) is 10.7. The molecule has 3 aromatic rings. The van der Waals surface area contributed by atoms with Gasteiger partial charge >= 0.3 is 0 Å². The third-order valence-electron chi connectivity index (χ3n) is 3.22. The lowest BCUT2D eigenvalue weighted by molar-refractivity contribution is -0.120. The summed E-state index contributed by atoms with van der Waals surface area (Å²) in [4.78, 5) is 16.1. The monoisotopic (exact) mass is 309 g/mol. The number of hydrogen-bond acceptors (Lipinski definition) is 4. The maximum absolute atomic E-state index is 11.8. The van der Waals surface area contributed by atoms with Crippen LogP contribution in [-0.4, -0.2) is 17.1 Å². The second-order valence-corrected chi connectivity index (χ2v) is 5.96. The maximum Gasteiger partial charge on any atom is 0.246 e. The normalized spacial score (nSPS) is 11.1. The number of nitrogens with zero attached hydrogens (tertiary/aromatic N) is 2. The third kappa shape index (κ3) is 3.38. The van der Waals surface area contributed by atoms with Gasteiger partial charge in [-0.2, -0.15) is 5.10 Å². The predicted octanol–water partition coefficient (Wildman–Crippen LogP) is 3.30. The highest BCUT2D eigenvalue weighted by molar-refractivity contribution is 7.09.